The van der Waals surface area contributed by atoms with Gasteiger partial charge in [0.1, 0.15) is 5.82 Å². The maximum absolute atomic E-state index is 13.8. The molecule has 0 N–H and O–H groups in total. The summed E-state index contributed by atoms with van der Waals surface area (Å²) >= 11 is 0. The van der Waals surface area contributed by atoms with E-state index in [1.54, 1.807) is 17.2 Å². The first-order valence-corrected chi connectivity index (χ1v) is 8.75. The molecule has 4 atom stereocenters. The minimum Gasteiger partial charge on any atom is -0.333 e. The fraction of sp³-hybridized carbons (Fsp3) is 0.333. The molecule has 2 aliphatic carbocycles. The van der Waals surface area contributed by atoms with Crippen molar-refractivity contribution in [2.24, 2.45) is 17.8 Å². The molecule has 3 nitrogen and oxygen atoms in total. The number of benzene rings is 1. The van der Waals surface area contributed by atoms with Gasteiger partial charge in [0.05, 0.1) is 11.7 Å². The molecule has 2 aliphatic rings. The summed E-state index contributed by atoms with van der Waals surface area (Å²) in [7, 11) is 1.81. The number of aromatic nitrogens is 1. The second kappa shape index (κ2) is 6.43. The smallest absolute Gasteiger partial charge is 0.226 e. The molecule has 4 heteroatoms. The number of halogens is 1. The predicted octanol–water partition coefficient (Wildman–Crippen LogP) is 3.98. The van der Waals surface area contributed by atoms with E-state index in [0.29, 0.717) is 11.8 Å². The fourth-order valence-electron chi connectivity index (χ4n) is 4.26. The van der Waals surface area contributed by atoms with Crippen LogP contribution in [0.15, 0.2) is 60.8 Å². The van der Waals surface area contributed by atoms with Crippen molar-refractivity contribution < 1.29 is 9.18 Å². The van der Waals surface area contributed by atoms with Crippen LogP contribution in [0.5, 0.6) is 0 Å². The lowest BCUT2D eigenvalue weighted by atomic mass is 9.91. The third-order valence-corrected chi connectivity index (χ3v) is 5.46. The summed E-state index contributed by atoms with van der Waals surface area (Å²) in [6.07, 6.45) is 8.13. The van der Waals surface area contributed by atoms with Gasteiger partial charge < -0.3 is 4.90 Å². The zero-order chi connectivity index (χ0) is 17.4. The van der Waals surface area contributed by atoms with E-state index in [-0.39, 0.29) is 23.7 Å². The molecule has 4 rings (SSSR count). The van der Waals surface area contributed by atoms with Crippen molar-refractivity contribution in [2.45, 2.75) is 18.9 Å². The summed E-state index contributed by atoms with van der Waals surface area (Å²) in [6.45, 7) is 0. The van der Waals surface area contributed by atoms with Crippen molar-refractivity contribution in [1.82, 2.24) is 9.88 Å². The Labute approximate surface area is 147 Å². The molecule has 2 bridgehead atoms. The van der Waals surface area contributed by atoms with E-state index < -0.39 is 0 Å². The van der Waals surface area contributed by atoms with Gasteiger partial charge in [0.25, 0.3) is 0 Å². The van der Waals surface area contributed by atoms with Crippen molar-refractivity contribution in [3.63, 3.8) is 0 Å². The first-order valence-electron chi connectivity index (χ1n) is 8.75. The first kappa shape index (κ1) is 16.0. The number of rotatable bonds is 4. The third kappa shape index (κ3) is 2.97. The second-order valence-corrected chi connectivity index (χ2v) is 7.05. The molecule has 0 unspecified atom stereocenters. The Morgan fingerprint density at radius 2 is 2.08 bits per heavy atom. The van der Waals surface area contributed by atoms with Crippen LogP contribution in [-0.4, -0.2) is 22.8 Å². The highest BCUT2D eigenvalue weighted by molar-refractivity contribution is 5.80. The normalized spacial score (nSPS) is 25.1. The minimum absolute atomic E-state index is 0.0276. The summed E-state index contributed by atoms with van der Waals surface area (Å²) in [5.41, 5.74) is 1.50. The van der Waals surface area contributed by atoms with Gasteiger partial charge in [-0.3, -0.25) is 9.78 Å². The number of fused-ring (bicyclic) bond motifs is 2. The monoisotopic (exact) mass is 336 g/mol. The third-order valence-electron chi connectivity index (χ3n) is 5.46. The molecule has 0 radical (unpaired) electrons. The van der Waals surface area contributed by atoms with E-state index in [0.717, 1.165) is 24.1 Å². The van der Waals surface area contributed by atoms with Crippen molar-refractivity contribution >= 4 is 5.91 Å². The topological polar surface area (TPSA) is 33.2 Å². The van der Waals surface area contributed by atoms with Crippen LogP contribution in [0, 0.1) is 23.6 Å². The van der Waals surface area contributed by atoms with Gasteiger partial charge in [-0.2, -0.15) is 0 Å². The highest BCUT2D eigenvalue weighted by Gasteiger charge is 2.42. The van der Waals surface area contributed by atoms with Crippen LogP contribution in [0.1, 0.15) is 30.1 Å². The minimum atomic E-state index is -0.382. The molecular formula is C21H21FN2O. The number of nitrogens with zero attached hydrogens (tertiary/aromatic N) is 2. The van der Waals surface area contributed by atoms with Gasteiger partial charge in [-0.25, -0.2) is 4.39 Å². The van der Waals surface area contributed by atoms with E-state index in [9.17, 15) is 9.18 Å². The van der Waals surface area contributed by atoms with Crippen LogP contribution >= 0.6 is 0 Å². The fourth-order valence-corrected chi connectivity index (χ4v) is 4.26. The average molecular weight is 336 g/mol. The number of hydrogen-bond donors (Lipinski definition) is 0. The van der Waals surface area contributed by atoms with Crippen molar-refractivity contribution in [2.75, 3.05) is 7.05 Å². The second-order valence-electron chi connectivity index (χ2n) is 7.05. The van der Waals surface area contributed by atoms with Crippen LogP contribution in [0.4, 0.5) is 4.39 Å². The van der Waals surface area contributed by atoms with Crippen LogP contribution in [0.25, 0.3) is 0 Å². The molecule has 1 fully saturated rings. The molecule has 0 saturated heterocycles. The van der Waals surface area contributed by atoms with Gasteiger partial charge >= 0.3 is 0 Å². The number of allylic oxidation sites excluding steroid dienone is 2. The van der Waals surface area contributed by atoms with E-state index in [1.165, 1.54) is 12.1 Å². The summed E-state index contributed by atoms with van der Waals surface area (Å²) in [5, 5.41) is 0. The van der Waals surface area contributed by atoms with Crippen LogP contribution in [0.3, 0.4) is 0 Å². The highest BCUT2D eigenvalue weighted by Crippen LogP contribution is 2.45. The predicted molar refractivity (Wildman–Crippen MR) is 94.1 cm³/mol. The Morgan fingerprint density at radius 1 is 1.20 bits per heavy atom. The number of carbonyl (C=O) groups excluding carboxylic acids is 1. The summed E-state index contributed by atoms with van der Waals surface area (Å²) in [4.78, 5) is 19.4. The number of amides is 1. The van der Waals surface area contributed by atoms with E-state index >= 15 is 0 Å². The molecule has 0 aliphatic heterocycles. The quantitative estimate of drug-likeness (QED) is 0.791. The Morgan fingerprint density at radius 3 is 2.72 bits per heavy atom. The lowest BCUT2D eigenvalue weighted by Gasteiger charge is -2.32. The van der Waals surface area contributed by atoms with Gasteiger partial charge in [0, 0.05) is 19.2 Å². The van der Waals surface area contributed by atoms with E-state index in [1.807, 2.05) is 31.3 Å². The number of pyridine rings is 1. The lowest BCUT2D eigenvalue weighted by molar-refractivity contribution is -0.136. The van der Waals surface area contributed by atoms with Crippen molar-refractivity contribution in [1.29, 1.82) is 0 Å². The molecule has 0 spiro atoms. The average Bonchev–Trinajstić information content (AvgIpc) is 3.25. The van der Waals surface area contributed by atoms with Crippen molar-refractivity contribution in [3.8, 4) is 0 Å². The molecule has 1 amide bonds. The van der Waals surface area contributed by atoms with Crippen LogP contribution in [-0.2, 0) is 4.79 Å². The Hall–Kier alpha value is -2.49. The standard InChI is InChI=1S/C21H21FN2O/c1-24(21(25)18-12-14-8-9-15(18)11-14)20(19-7-2-3-10-23-19)16-5-4-6-17(22)13-16/h2-10,13-15,18,20H,11-12H2,1H3/t14-,15-,18-,20-/m0/s1. The molecule has 25 heavy (non-hydrogen) atoms. The summed E-state index contributed by atoms with van der Waals surface area (Å²) < 4.78 is 13.8. The van der Waals surface area contributed by atoms with Gasteiger partial charge in [0.2, 0.25) is 5.91 Å². The van der Waals surface area contributed by atoms with Gasteiger partial charge in [-0.15, -0.1) is 0 Å². The number of hydrogen-bond acceptors (Lipinski definition) is 2. The van der Waals surface area contributed by atoms with Crippen LogP contribution in [0.2, 0.25) is 0 Å². The molecule has 1 heterocycles. The highest BCUT2D eigenvalue weighted by atomic mass is 19.1. The SMILES string of the molecule is CN(C(=O)[C@H]1C[C@H]2C=C[C@H]1C2)[C@@H](c1cccc(F)c1)c1ccccn1. The van der Waals surface area contributed by atoms with Gasteiger partial charge in [-0.1, -0.05) is 30.4 Å². The Balaban J connectivity index is 1.68. The molecular weight excluding hydrogens is 315 g/mol. The maximum Gasteiger partial charge on any atom is 0.226 e. The van der Waals surface area contributed by atoms with Crippen molar-refractivity contribution in [3.05, 3.63) is 77.9 Å². The molecule has 1 saturated carbocycles. The van der Waals surface area contributed by atoms with Gasteiger partial charge in [0.15, 0.2) is 0 Å². The zero-order valence-corrected chi connectivity index (χ0v) is 14.2. The lowest BCUT2D eigenvalue weighted by Crippen LogP contribution is -2.38. The van der Waals surface area contributed by atoms with E-state index in [4.69, 9.17) is 0 Å². The number of carbonyl (C=O) groups is 1. The van der Waals surface area contributed by atoms with E-state index in [2.05, 4.69) is 17.1 Å². The Bertz CT molecular complexity index is 805. The van der Waals surface area contributed by atoms with Gasteiger partial charge in [-0.05, 0) is 54.5 Å². The summed E-state index contributed by atoms with van der Waals surface area (Å²) in [6, 6.07) is 11.7. The molecule has 128 valence electrons. The maximum atomic E-state index is 13.8. The van der Waals surface area contributed by atoms with Crippen LogP contribution < -0.4 is 0 Å². The largest absolute Gasteiger partial charge is 0.333 e. The molecule has 2 aromatic rings. The first-order chi connectivity index (χ1) is 12.1. The Kier molecular flexibility index (Phi) is 4.12. The zero-order valence-electron chi connectivity index (χ0n) is 14.2. The molecule has 1 aromatic heterocycles. The molecule has 1 aromatic carbocycles. The summed E-state index contributed by atoms with van der Waals surface area (Å²) in [5.74, 6) is 0.727.